The number of amides is 2. The second-order valence-electron chi connectivity index (χ2n) is 5.95. The van der Waals surface area contributed by atoms with Gasteiger partial charge in [0.25, 0.3) is 5.91 Å². The van der Waals surface area contributed by atoms with Crippen LogP contribution in [0.1, 0.15) is 36.5 Å². The molecule has 7 nitrogen and oxygen atoms in total. The molecule has 0 spiro atoms. The number of rotatable bonds is 6. The van der Waals surface area contributed by atoms with Crippen molar-refractivity contribution in [1.82, 2.24) is 5.32 Å². The van der Waals surface area contributed by atoms with Gasteiger partial charge in [0.1, 0.15) is 0 Å². The second-order valence-corrected chi connectivity index (χ2v) is 5.95. The van der Waals surface area contributed by atoms with Crippen molar-refractivity contribution in [3.8, 4) is 11.5 Å². The number of nitrogens with two attached hydrogens (primary N) is 1. The van der Waals surface area contributed by atoms with Crippen LogP contribution in [0.3, 0.4) is 0 Å². The molecular weight excluding hydrogens is 346 g/mol. The summed E-state index contributed by atoms with van der Waals surface area (Å²) in [5.74, 6) is 0.601. The van der Waals surface area contributed by atoms with Crippen LogP contribution in [0.5, 0.6) is 11.5 Å². The normalized spacial score (nSPS) is 18.9. The molecule has 0 aliphatic heterocycles. The van der Waals surface area contributed by atoms with Gasteiger partial charge in [-0.2, -0.15) is 0 Å². The van der Waals surface area contributed by atoms with Crippen molar-refractivity contribution in [2.24, 2.45) is 11.7 Å². The zero-order valence-corrected chi connectivity index (χ0v) is 15.6. The van der Waals surface area contributed by atoms with Gasteiger partial charge < -0.3 is 25.8 Å². The molecule has 4 N–H and O–H groups in total. The fourth-order valence-electron chi connectivity index (χ4n) is 3.14. The smallest absolute Gasteiger partial charge is 0.251 e. The van der Waals surface area contributed by atoms with Crippen LogP contribution in [-0.4, -0.2) is 38.6 Å². The fraction of sp³-hybridized carbons (Fsp3) is 0.529. The predicted molar refractivity (Wildman–Crippen MR) is 98.7 cm³/mol. The van der Waals surface area contributed by atoms with Gasteiger partial charge in [-0.05, 0) is 37.4 Å². The van der Waals surface area contributed by atoms with Crippen molar-refractivity contribution in [2.45, 2.75) is 32.2 Å². The lowest BCUT2D eigenvalue weighted by molar-refractivity contribution is -0.114. The van der Waals surface area contributed by atoms with E-state index in [9.17, 15) is 9.59 Å². The Labute approximate surface area is 154 Å². The number of nitrogens with one attached hydrogen (secondary N) is 2. The molecule has 1 aliphatic carbocycles. The Morgan fingerprint density at radius 2 is 1.96 bits per heavy atom. The number of anilines is 1. The van der Waals surface area contributed by atoms with Crippen LogP contribution in [0.15, 0.2) is 12.1 Å². The van der Waals surface area contributed by atoms with Gasteiger partial charge in [-0.3, -0.25) is 9.59 Å². The molecule has 2 amide bonds. The quantitative estimate of drug-likeness (QED) is 0.709. The number of halogens is 1. The molecule has 140 valence electrons. The Morgan fingerprint density at radius 1 is 1.24 bits per heavy atom. The minimum Gasteiger partial charge on any atom is -0.493 e. The van der Waals surface area contributed by atoms with Crippen LogP contribution >= 0.6 is 12.4 Å². The number of carbonyl (C=O) groups excluding carboxylic acids is 2. The third-order valence-corrected chi connectivity index (χ3v) is 4.33. The molecule has 1 aromatic carbocycles. The average Bonchev–Trinajstić information content (AvgIpc) is 3.00. The van der Waals surface area contributed by atoms with Gasteiger partial charge in [-0.25, -0.2) is 0 Å². The van der Waals surface area contributed by atoms with Gasteiger partial charge in [0.2, 0.25) is 5.91 Å². The molecule has 2 rings (SSSR count). The lowest BCUT2D eigenvalue weighted by Crippen LogP contribution is -2.39. The van der Waals surface area contributed by atoms with Crippen LogP contribution in [-0.2, 0) is 4.79 Å². The number of methoxy groups -OCH3 is 2. The number of ether oxygens (including phenoxy) is 2. The summed E-state index contributed by atoms with van der Waals surface area (Å²) in [5.41, 5.74) is 6.57. The van der Waals surface area contributed by atoms with Crippen LogP contribution in [0.4, 0.5) is 5.69 Å². The zero-order chi connectivity index (χ0) is 17.7. The van der Waals surface area contributed by atoms with E-state index in [-0.39, 0.29) is 30.3 Å². The van der Waals surface area contributed by atoms with Crippen molar-refractivity contribution in [1.29, 1.82) is 0 Å². The molecule has 1 aromatic rings. The van der Waals surface area contributed by atoms with E-state index in [1.165, 1.54) is 21.1 Å². The number of benzene rings is 1. The van der Waals surface area contributed by atoms with Crippen molar-refractivity contribution in [2.75, 3.05) is 26.1 Å². The Balaban J connectivity index is 0.00000312. The topological polar surface area (TPSA) is 103 Å². The number of carbonyl (C=O) groups is 2. The molecule has 0 heterocycles. The molecule has 1 aliphatic rings. The van der Waals surface area contributed by atoms with Crippen molar-refractivity contribution in [3.05, 3.63) is 17.7 Å². The van der Waals surface area contributed by atoms with E-state index in [1.807, 2.05) is 0 Å². The van der Waals surface area contributed by atoms with Gasteiger partial charge in [0, 0.05) is 18.5 Å². The summed E-state index contributed by atoms with van der Waals surface area (Å²) in [6, 6.07) is 3.27. The van der Waals surface area contributed by atoms with E-state index in [2.05, 4.69) is 10.6 Å². The molecule has 1 saturated carbocycles. The Hall–Kier alpha value is -1.99. The van der Waals surface area contributed by atoms with E-state index < -0.39 is 0 Å². The molecular formula is C17H26ClN3O4. The first-order valence-electron chi connectivity index (χ1n) is 8.04. The molecule has 2 atom stereocenters. The van der Waals surface area contributed by atoms with E-state index in [0.717, 1.165) is 19.3 Å². The lowest BCUT2D eigenvalue weighted by Gasteiger charge is -2.20. The van der Waals surface area contributed by atoms with Crippen molar-refractivity contribution < 1.29 is 19.1 Å². The Bertz CT molecular complexity index is 624. The highest BCUT2D eigenvalue weighted by molar-refractivity contribution is 5.99. The van der Waals surface area contributed by atoms with Gasteiger partial charge in [-0.15, -0.1) is 12.4 Å². The summed E-state index contributed by atoms with van der Waals surface area (Å²) in [7, 11) is 2.96. The molecule has 8 heteroatoms. The second kappa shape index (κ2) is 9.48. The highest BCUT2D eigenvalue weighted by Gasteiger charge is 2.28. The summed E-state index contributed by atoms with van der Waals surface area (Å²) in [6.45, 7) is 1.96. The molecule has 0 saturated heterocycles. The molecule has 1 fully saturated rings. The van der Waals surface area contributed by atoms with Gasteiger partial charge in [0.05, 0.1) is 19.9 Å². The van der Waals surface area contributed by atoms with Crippen LogP contribution in [0.25, 0.3) is 0 Å². The van der Waals surface area contributed by atoms with Crippen molar-refractivity contribution >= 4 is 29.9 Å². The average molecular weight is 372 g/mol. The fourth-order valence-corrected chi connectivity index (χ4v) is 3.14. The summed E-state index contributed by atoms with van der Waals surface area (Å²) < 4.78 is 10.6. The largest absolute Gasteiger partial charge is 0.493 e. The maximum Gasteiger partial charge on any atom is 0.251 e. The molecule has 2 unspecified atom stereocenters. The highest BCUT2D eigenvalue weighted by atomic mass is 35.5. The van der Waals surface area contributed by atoms with E-state index in [0.29, 0.717) is 35.2 Å². The maximum atomic E-state index is 12.6. The summed E-state index contributed by atoms with van der Waals surface area (Å²) in [5, 5.41) is 5.70. The van der Waals surface area contributed by atoms with Gasteiger partial charge >= 0.3 is 0 Å². The monoisotopic (exact) mass is 371 g/mol. The number of hydrogen-bond acceptors (Lipinski definition) is 5. The van der Waals surface area contributed by atoms with E-state index >= 15 is 0 Å². The summed E-state index contributed by atoms with van der Waals surface area (Å²) in [6.07, 6.45) is 3.03. The van der Waals surface area contributed by atoms with Gasteiger partial charge in [-0.1, -0.05) is 6.42 Å². The lowest BCUT2D eigenvalue weighted by atomic mass is 10.0. The van der Waals surface area contributed by atoms with Gasteiger partial charge in [0.15, 0.2) is 11.5 Å². The van der Waals surface area contributed by atoms with Crippen molar-refractivity contribution in [3.63, 3.8) is 0 Å². The minimum atomic E-state index is -0.258. The summed E-state index contributed by atoms with van der Waals surface area (Å²) in [4.78, 5) is 24.0. The third-order valence-electron chi connectivity index (χ3n) is 4.33. The molecule has 0 radical (unpaired) electrons. The first kappa shape index (κ1) is 21.1. The Morgan fingerprint density at radius 3 is 2.52 bits per heavy atom. The standard InChI is InChI=1S/C17H25N3O4.ClH/c1-10(21)19-14-7-12(8-15(23-2)16(14)24-3)17(22)20-13-6-4-5-11(13)9-18;/h7-8,11,13H,4-6,9,18H2,1-3H3,(H,19,21)(H,20,22);1H. The highest BCUT2D eigenvalue weighted by Crippen LogP contribution is 2.37. The SMILES string of the molecule is COc1cc(C(=O)NC2CCCC2CN)cc(NC(C)=O)c1OC.Cl. The van der Waals surface area contributed by atoms with Crippen LogP contribution in [0, 0.1) is 5.92 Å². The molecule has 25 heavy (non-hydrogen) atoms. The molecule has 0 bridgehead atoms. The summed E-state index contributed by atoms with van der Waals surface area (Å²) >= 11 is 0. The number of hydrogen-bond donors (Lipinski definition) is 3. The first-order valence-corrected chi connectivity index (χ1v) is 8.04. The minimum absolute atomic E-state index is 0. The Kier molecular flexibility index (Phi) is 7.99. The molecule has 0 aromatic heterocycles. The van der Waals surface area contributed by atoms with Crippen LogP contribution < -0.4 is 25.8 Å². The third kappa shape index (κ3) is 4.99. The van der Waals surface area contributed by atoms with E-state index in [1.54, 1.807) is 12.1 Å². The van der Waals surface area contributed by atoms with Crippen LogP contribution in [0.2, 0.25) is 0 Å². The predicted octanol–water partition coefficient (Wildman–Crippen LogP) is 1.94. The first-order chi connectivity index (χ1) is 11.5. The zero-order valence-electron chi connectivity index (χ0n) is 14.8. The maximum absolute atomic E-state index is 12.6. The van der Waals surface area contributed by atoms with E-state index in [4.69, 9.17) is 15.2 Å².